The lowest BCUT2D eigenvalue weighted by molar-refractivity contribution is -0.113. The van der Waals surface area contributed by atoms with Crippen molar-refractivity contribution in [2.45, 2.75) is 6.92 Å². The second kappa shape index (κ2) is 4.15. The fourth-order valence-corrected chi connectivity index (χ4v) is 1.16. The molecule has 3 nitrogen and oxygen atoms in total. The van der Waals surface area contributed by atoms with Crippen LogP contribution in [0.5, 0.6) is 5.75 Å². The number of hydrogen-bond donors (Lipinski definition) is 2. The number of carbonyl (C=O) groups is 1. The molecule has 1 rings (SSSR count). The summed E-state index contributed by atoms with van der Waals surface area (Å²) in [6, 6.07) is 3.11. The highest BCUT2D eigenvalue weighted by Crippen LogP contribution is 2.26. The molecule has 0 saturated carbocycles. The molecule has 74 valence electrons. The van der Waals surface area contributed by atoms with Gasteiger partial charge in [0.15, 0.2) is 0 Å². The highest BCUT2D eigenvalue weighted by molar-refractivity contribution is 6.31. The minimum Gasteiger partial charge on any atom is -0.507 e. The molecule has 1 aromatic rings. The van der Waals surface area contributed by atoms with Crippen molar-refractivity contribution in [2.75, 3.05) is 0 Å². The van der Waals surface area contributed by atoms with Crippen LogP contribution in [-0.2, 0) is 4.79 Å². The van der Waals surface area contributed by atoms with Crippen molar-refractivity contribution in [3.63, 3.8) is 0 Å². The summed E-state index contributed by atoms with van der Waals surface area (Å²) in [5.74, 6) is -0.495. The van der Waals surface area contributed by atoms with Gasteiger partial charge in [-0.2, -0.15) is 0 Å². The molecule has 0 fully saturated rings. The van der Waals surface area contributed by atoms with Crippen molar-refractivity contribution in [1.29, 1.82) is 0 Å². The smallest absolute Gasteiger partial charge is 0.241 e. The van der Waals surface area contributed by atoms with E-state index in [9.17, 15) is 9.90 Å². The number of aryl methyl sites for hydroxylation is 1. The topological polar surface area (TPSA) is 63.3 Å². The van der Waals surface area contributed by atoms with Gasteiger partial charge >= 0.3 is 0 Å². The largest absolute Gasteiger partial charge is 0.507 e. The number of carbonyl (C=O) groups excluding carboxylic acids is 1. The number of nitrogens with two attached hydrogens (primary N) is 1. The van der Waals surface area contributed by atoms with Gasteiger partial charge < -0.3 is 10.8 Å². The van der Waals surface area contributed by atoms with Gasteiger partial charge in [0.1, 0.15) is 5.75 Å². The van der Waals surface area contributed by atoms with Crippen LogP contribution in [0.25, 0.3) is 6.08 Å². The second-order valence-corrected chi connectivity index (χ2v) is 3.30. The lowest BCUT2D eigenvalue weighted by Gasteiger charge is -2.02. The van der Waals surface area contributed by atoms with Gasteiger partial charge in [0.2, 0.25) is 5.91 Å². The Morgan fingerprint density at radius 1 is 1.57 bits per heavy atom. The zero-order valence-electron chi connectivity index (χ0n) is 7.62. The molecule has 1 aromatic carbocycles. The van der Waals surface area contributed by atoms with Crippen molar-refractivity contribution in [1.82, 2.24) is 0 Å². The number of phenols is 1. The molecule has 0 bridgehead atoms. The summed E-state index contributed by atoms with van der Waals surface area (Å²) in [7, 11) is 0. The highest BCUT2D eigenvalue weighted by Gasteiger charge is 2.02. The van der Waals surface area contributed by atoms with Crippen molar-refractivity contribution in [3.8, 4) is 5.75 Å². The molecular weight excluding hydrogens is 202 g/mol. The normalized spacial score (nSPS) is 10.7. The summed E-state index contributed by atoms with van der Waals surface area (Å²) in [5, 5.41) is 10.0. The Morgan fingerprint density at radius 3 is 2.79 bits per heavy atom. The first-order valence-electron chi connectivity index (χ1n) is 3.97. The Labute approximate surface area is 86.8 Å². The van der Waals surface area contributed by atoms with Crippen LogP contribution in [0.3, 0.4) is 0 Å². The Morgan fingerprint density at radius 2 is 2.21 bits per heavy atom. The van der Waals surface area contributed by atoms with Crippen LogP contribution in [0, 0.1) is 6.92 Å². The third-order valence-electron chi connectivity index (χ3n) is 1.74. The SMILES string of the molecule is Cc1cc(O)c(/C=C/C(N)=O)cc1Cl. The zero-order valence-corrected chi connectivity index (χ0v) is 8.38. The third-order valence-corrected chi connectivity index (χ3v) is 2.14. The van der Waals surface area contributed by atoms with Crippen LogP contribution in [-0.4, -0.2) is 11.0 Å². The minimum atomic E-state index is -0.568. The number of hydrogen-bond acceptors (Lipinski definition) is 2. The van der Waals surface area contributed by atoms with Crippen LogP contribution in [0.15, 0.2) is 18.2 Å². The molecule has 0 aliphatic heterocycles. The first-order valence-corrected chi connectivity index (χ1v) is 4.35. The Bertz CT molecular complexity index is 399. The monoisotopic (exact) mass is 211 g/mol. The summed E-state index contributed by atoms with van der Waals surface area (Å²) in [5.41, 5.74) is 6.17. The molecule has 0 aliphatic rings. The highest BCUT2D eigenvalue weighted by atomic mass is 35.5. The van der Waals surface area contributed by atoms with Gasteiger partial charge in [-0.15, -0.1) is 0 Å². The molecule has 4 heteroatoms. The van der Waals surface area contributed by atoms with Gasteiger partial charge in [-0.25, -0.2) is 0 Å². The van der Waals surface area contributed by atoms with Crippen LogP contribution < -0.4 is 5.73 Å². The fourth-order valence-electron chi connectivity index (χ4n) is 0.987. The van der Waals surface area contributed by atoms with E-state index in [-0.39, 0.29) is 5.75 Å². The van der Waals surface area contributed by atoms with E-state index in [0.29, 0.717) is 10.6 Å². The summed E-state index contributed by atoms with van der Waals surface area (Å²) in [6.45, 7) is 1.78. The van der Waals surface area contributed by atoms with Gasteiger partial charge in [0.05, 0.1) is 0 Å². The fraction of sp³-hybridized carbons (Fsp3) is 0.100. The molecule has 0 radical (unpaired) electrons. The maximum absolute atomic E-state index is 10.5. The van der Waals surface area contributed by atoms with E-state index < -0.39 is 5.91 Å². The number of amides is 1. The number of aromatic hydroxyl groups is 1. The number of primary amides is 1. The van der Waals surface area contributed by atoms with Crippen LogP contribution in [0.1, 0.15) is 11.1 Å². The Hall–Kier alpha value is -1.48. The molecule has 0 aliphatic carbocycles. The number of benzene rings is 1. The van der Waals surface area contributed by atoms with E-state index in [2.05, 4.69) is 0 Å². The summed E-state index contributed by atoms with van der Waals surface area (Å²) in [6.07, 6.45) is 2.59. The van der Waals surface area contributed by atoms with E-state index in [1.807, 2.05) is 0 Å². The Kier molecular flexibility index (Phi) is 3.14. The second-order valence-electron chi connectivity index (χ2n) is 2.90. The average Bonchev–Trinajstić information content (AvgIpc) is 2.09. The van der Waals surface area contributed by atoms with Crippen LogP contribution in [0.2, 0.25) is 5.02 Å². The third kappa shape index (κ3) is 2.50. The molecule has 0 heterocycles. The van der Waals surface area contributed by atoms with Gasteiger partial charge in [-0.3, -0.25) is 4.79 Å². The predicted octanol–water partition coefficient (Wildman–Crippen LogP) is 1.85. The molecule has 0 spiro atoms. The number of phenolic OH excluding ortho intramolecular Hbond substituents is 1. The van der Waals surface area contributed by atoms with E-state index in [4.69, 9.17) is 17.3 Å². The van der Waals surface area contributed by atoms with Gasteiger partial charge in [-0.1, -0.05) is 11.6 Å². The Balaban J connectivity index is 3.10. The molecule has 0 unspecified atom stereocenters. The number of rotatable bonds is 2. The molecule has 0 saturated heterocycles. The average molecular weight is 212 g/mol. The van der Waals surface area contributed by atoms with Crippen LogP contribution >= 0.6 is 11.6 Å². The van der Waals surface area contributed by atoms with E-state index in [1.54, 1.807) is 13.0 Å². The summed E-state index contributed by atoms with van der Waals surface area (Å²) in [4.78, 5) is 10.5. The van der Waals surface area contributed by atoms with Crippen molar-refractivity contribution in [2.24, 2.45) is 5.73 Å². The maximum atomic E-state index is 10.5. The predicted molar refractivity (Wildman–Crippen MR) is 56.1 cm³/mol. The van der Waals surface area contributed by atoms with E-state index in [0.717, 1.165) is 5.56 Å². The molecular formula is C10H10ClNO2. The first kappa shape index (κ1) is 10.6. The molecule has 0 atom stereocenters. The summed E-state index contributed by atoms with van der Waals surface area (Å²) >= 11 is 5.84. The molecule has 1 amide bonds. The van der Waals surface area contributed by atoms with Gasteiger partial charge in [-0.05, 0) is 30.7 Å². The van der Waals surface area contributed by atoms with Crippen molar-refractivity contribution < 1.29 is 9.90 Å². The maximum Gasteiger partial charge on any atom is 0.241 e. The molecule has 0 aromatic heterocycles. The minimum absolute atomic E-state index is 0.0735. The van der Waals surface area contributed by atoms with Gasteiger partial charge in [0, 0.05) is 16.7 Å². The lowest BCUT2D eigenvalue weighted by Crippen LogP contribution is -2.05. The lowest BCUT2D eigenvalue weighted by atomic mass is 10.1. The molecule has 14 heavy (non-hydrogen) atoms. The van der Waals surface area contributed by atoms with Crippen LogP contribution in [0.4, 0.5) is 0 Å². The first-order chi connectivity index (χ1) is 6.50. The summed E-state index contributed by atoms with van der Waals surface area (Å²) < 4.78 is 0. The van der Waals surface area contributed by atoms with Gasteiger partial charge in [0.25, 0.3) is 0 Å². The standard InChI is InChI=1S/C10H10ClNO2/c1-6-4-9(13)7(5-8(6)11)2-3-10(12)14/h2-5,13H,1H3,(H2,12,14)/b3-2+. The zero-order chi connectivity index (χ0) is 10.7. The number of halogens is 1. The molecule has 3 N–H and O–H groups in total. The van der Waals surface area contributed by atoms with Crippen molar-refractivity contribution >= 4 is 23.6 Å². The van der Waals surface area contributed by atoms with Crippen molar-refractivity contribution in [3.05, 3.63) is 34.4 Å². The van der Waals surface area contributed by atoms with E-state index in [1.165, 1.54) is 18.2 Å². The van der Waals surface area contributed by atoms with E-state index >= 15 is 0 Å². The quantitative estimate of drug-likeness (QED) is 0.734.